The summed E-state index contributed by atoms with van der Waals surface area (Å²) < 4.78 is 11.2. The smallest absolute Gasteiger partial charge is 0.410 e. The van der Waals surface area contributed by atoms with Crippen molar-refractivity contribution >= 4 is 6.09 Å². The Hall–Kier alpha value is -0.810. The molecule has 5 heteroatoms. The van der Waals surface area contributed by atoms with Crippen LogP contribution in [0.5, 0.6) is 0 Å². The zero-order valence-electron chi connectivity index (χ0n) is 13.2. The first-order chi connectivity index (χ1) is 9.37. The normalized spacial score (nSPS) is 23.1. The molecule has 0 aromatic heterocycles. The minimum atomic E-state index is -0.481. The first kappa shape index (κ1) is 17.2. The number of aliphatic hydroxyl groups excluding tert-OH is 1. The van der Waals surface area contributed by atoms with Gasteiger partial charge in [0.25, 0.3) is 0 Å². The highest BCUT2D eigenvalue weighted by molar-refractivity contribution is 5.68. The van der Waals surface area contributed by atoms with Crippen molar-refractivity contribution in [3.63, 3.8) is 0 Å². The fraction of sp³-hybridized carbons (Fsp3) is 0.933. The fourth-order valence-electron chi connectivity index (χ4n) is 2.33. The summed E-state index contributed by atoms with van der Waals surface area (Å²) in [7, 11) is 0. The van der Waals surface area contributed by atoms with Crippen LogP contribution in [0.3, 0.4) is 0 Å². The Bertz CT molecular complexity index is 301. The standard InChI is InChI=1S/C15H29NO4/c1-5-6-9-19-13-11-16(10-12(13)7-8-17)14(18)20-15(2,3)4/h12-13,17H,5-11H2,1-4H3/t12-,13-/m1/s1. The van der Waals surface area contributed by atoms with Crippen molar-refractivity contribution in [2.75, 3.05) is 26.3 Å². The predicted molar refractivity (Wildman–Crippen MR) is 77.6 cm³/mol. The van der Waals surface area contributed by atoms with Crippen LogP contribution in [0.1, 0.15) is 47.0 Å². The number of nitrogens with zero attached hydrogens (tertiary/aromatic N) is 1. The quantitative estimate of drug-likeness (QED) is 0.762. The van der Waals surface area contributed by atoms with E-state index < -0.39 is 5.60 Å². The van der Waals surface area contributed by atoms with Gasteiger partial charge >= 0.3 is 6.09 Å². The maximum Gasteiger partial charge on any atom is 0.410 e. The molecule has 20 heavy (non-hydrogen) atoms. The molecule has 0 radical (unpaired) electrons. The second kappa shape index (κ2) is 7.84. The van der Waals surface area contributed by atoms with Crippen molar-refractivity contribution in [3.8, 4) is 0 Å². The van der Waals surface area contributed by atoms with E-state index in [1.807, 2.05) is 20.8 Å². The van der Waals surface area contributed by atoms with Gasteiger partial charge in [-0.25, -0.2) is 4.79 Å². The number of hydrogen-bond donors (Lipinski definition) is 1. The van der Waals surface area contributed by atoms with Gasteiger partial charge in [-0.2, -0.15) is 0 Å². The molecular weight excluding hydrogens is 258 g/mol. The van der Waals surface area contributed by atoms with Crippen LogP contribution < -0.4 is 0 Å². The van der Waals surface area contributed by atoms with Crippen LogP contribution in [0.15, 0.2) is 0 Å². The minimum Gasteiger partial charge on any atom is -0.444 e. The molecule has 0 aromatic rings. The van der Waals surface area contributed by atoms with E-state index in [0.717, 1.165) is 12.8 Å². The Morgan fingerprint density at radius 1 is 1.35 bits per heavy atom. The molecule has 118 valence electrons. The molecule has 2 atom stereocenters. The third-order valence-corrected chi connectivity index (χ3v) is 3.36. The molecule has 0 bridgehead atoms. The highest BCUT2D eigenvalue weighted by Gasteiger charge is 2.37. The molecule has 1 heterocycles. The van der Waals surface area contributed by atoms with Crippen molar-refractivity contribution in [2.24, 2.45) is 5.92 Å². The van der Waals surface area contributed by atoms with Crippen LogP contribution in [0, 0.1) is 5.92 Å². The first-order valence-electron chi connectivity index (χ1n) is 7.57. The zero-order chi connectivity index (χ0) is 15.2. The number of aliphatic hydroxyl groups is 1. The van der Waals surface area contributed by atoms with E-state index in [0.29, 0.717) is 26.1 Å². The lowest BCUT2D eigenvalue weighted by Gasteiger charge is -2.24. The van der Waals surface area contributed by atoms with Gasteiger partial charge in [0.1, 0.15) is 5.60 Å². The lowest BCUT2D eigenvalue weighted by Crippen LogP contribution is -2.36. The number of carbonyl (C=O) groups excluding carboxylic acids is 1. The molecular formula is C15H29NO4. The van der Waals surface area contributed by atoms with E-state index in [-0.39, 0.29) is 24.7 Å². The average molecular weight is 287 g/mol. The molecule has 1 amide bonds. The van der Waals surface area contributed by atoms with Crippen molar-refractivity contribution in [1.82, 2.24) is 4.90 Å². The second-order valence-electron chi connectivity index (χ2n) is 6.42. The van der Waals surface area contributed by atoms with Gasteiger partial charge in [-0.15, -0.1) is 0 Å². The molecule has 1 rings (SSSR count). The summed E-state index contributed by atoms with van der Waals surface area (Å²) in [6, 6.07) is 0. The summed E-state index contributed by atoms with van der Waals surface area (Å²) in [5.41, 5.74) is -0.481. The van der Waals surface area contributed by atoms with Crippen LogP contribution in [0.25, 0.3) is 0 Å². The Morgan fingerprint density at radius 3 is 2.60 bits per heavy atom. The van der Waals surface area contributed by atoms with Gasteiger partial charge in [0.2, 0.25) is 0 Å². The maximum atomic E-state index is 12.1. The van der Waals surface area contributed by atoms with Crippen LogP contribution in [-0.4, -0.2) is 54.1 Å². The van der Waals surface area contributed by atoms with Gasteiger partial charge in [0, 0.05) is 25.7 Å². The molecule has 1 N–H and O–H groups in total. The summed E-state index contributed by atoms with van der Waals surface area (Å²) in [6.45, 7) is 9.71. The molecule has 1 saturated heterocycles. The molecule has 1 aliphatic heterocycles. The molecule has 0 unspecified atom stereocenters. The van der Waals surface area contributed by atoms with Crippen molar-refractivity contribution in [3.05, 3.63) is 0 Å². The Labute approximate surface area is 122 Å². The summed E-state index contributed by atoms with van der Waals surface area (Å²) in [6.07, 6.45) is 2.50. The topological polar surface area (TPSA) is 59.0 Å². The molecule has 0 spiro atoms. The number of carbonyl (C=O) groups is 1. The van der Waals surface area contributed by atoms with Crippen molar-refractivity contribution < 1.29 is 19.4 Å². The summed E-state index contributed by atoms with van der Waals surface area (Å²) >= 11 is 0. The lowest BCUT2D eigenvalue weighted by molar-refractivity contribution is 0.0157. The Balaban J connectivity index is 2.53. The molecule has 0 aromatic carbocycles. The molecule has 0 saturated carbocycles. The average Bonchev–Trinajstić information content (AvgIpc) is 2.72. The summed E-state index contributed by atoms with van der Waals surface area (Å²) in [5.74, 6) is 0.198. The minimum absolute atomic E-state index is 0.0150. The van der Waals surface area contributed by atoms with Gasteiger partial charge in [0.15, 0.2) is 0 Å². The van der Waals surface area contributed by atoms with E-state index in [1.54, 1.807) is 4.90 Å². The molecule has 1 fully saturated rings. The third kappa shape index (κ3) is 5.67. The first-order valence-corrected chi connectivity index (χ1v) is 7.57. The number of ether oxygens (including phenoxy) is 2. The monoisotopic (exact) mass is 287 g/mol. The van der Waals surface area contributed by atoms with Gasteiger partial charge in [-0.05, 0) is 33.6 Å². The number of likely N-dealkylation sites (tertiary alicyclic amines) is 1. The number of amides is 1. The van der Waals surface area contributed by atoms with Gasteiger partial charge in [-0.3, -0.25) is 0 Å². The Morgan fingerprint density at radius 2 is 2.05 bits per heavy atom. The van der Waals surface area contributed by atoms with Crippen LogP contribution in [0.2, 0.25) is 0 Å². The Kier molecular flexibility index (Phi) is 6.76. The maximum absolute atomic E-state index is 12.1. The van der Waals surface area contributed by atoms with Gasteiger partial charge in [0.05, 0.1) is 12.6 Å². The molecule has 1 aliphatic rings. The van der Waals surface area contributed by atoms with Crippen LogP contribution in [0.4, 0.5) is 4.79 Å². The fourth-order valence-corrected chi connectivity index (χ4v) is 2.33. The SMILES string of the molecule is CCCCO[C@@H]1CN(C(=O)OC(C)(C)C)C[C@H]1CCO. The van der Waals surface area contributed by atoms with Gasteiger partial charge in [-0.1, -0.05) is 13.3 Å². The zero-order valence-corrected chi connectivity index (χ0v) is 13.2. The summed E-state index contributed by atoms with van der Waals surface area (Å²) in [5, 5.41) is 9.14. The highest BCUT2D eigenvalue weighted by Crippen LogP contribution is 2.25. The largest absolute Gasteiger partial charge is 0.444 e. The van der Waals surface area contributed by atoms with Gasteiger partial charge < -0.3 is 19.5 Å². The van der Waals surface area contributed by atoms with E-state index in [1.165, 1.54) is 0 Å². The second-order valence-corrected chi connectivity index (χ2v) is 6.42. The van der Waals surface area contributed by atoms with Crippen molar-refractivity contribution in [1.29, 1.82) is 0 Å². The van der Waals surface area contributed by atoms with Crippen LogP contribution in [-0.2, 0) is 9.47 Å². The molecule has 5 nitrogen and oxygen atoms in total. The van der Waals surface area contributed by atoms with E-state index in [2.05, 4.69) is 6.92 Å². The number of hydrogen-bond acceptors (Lipinski definition) is 4. The van der Waals surface area contributed by atoms with Crippen molar-refractivity contribution in [2.45, 2.75) is 58.7 Å². The van der Waals surface area contributed by atoms with E-state index in [4.69, 9.17) is 14.6 Å². The third-order valence-electron chi connectivity index (χ3n) is 3.36. The predicted octanol–water partition coefficient (Wildman–Crippen LogP) is 2.42. The highest BCUT2D eigenvalue weighted by atomic mass is 16.6. The molecule has 0 aliphatic carbocycles. The van der Waals surface area contributed by atoms with E-state index in [9.17, 15) is 4.79 Å². The summed E-state index contributed by atoms with van der Waals surface area (Å²) in [4.78, 5) is 13.8. The lowest BCUT2D eigenvalue weighted by atomic mass is 10.0. The van der Waals surface area contributed by atoms with E-state index >= 15 is 0 Å². The number of rotatable bonds is 6. The number of unbranched alkanes of at least 4 members (excludes halogenated alkanes) is 1. The van der Waals surface area contributed by atoms with Crippen LogP contribution >= 0.6 is 0 Å².